The molecule has 0 spiro atoms. The zero-order chi connectivity index (χ0) is 18.6. The van der Waals surface area contributed by atoms with E-state index in [4.69, 9.17) is 4.98 Å². The molecule has 0 fully saturated rings. The minimum Gasteiger partial charge on any atom is -0.256 e. The van der Waals surface area contributed by atoms with Gasteiger partial charge in [0.2, 0.25) is 0 Å². The summed E-state index contributed by atoms with van der Waals surface area (Å²) in [4.78, 5) is 4.74. The van der Waals surface area contributed by atoms with Gasteiger partial charge in [-0.05, 0) is 72.1 Å². The third-order valence-electron chi connectivity index (χ3n) is 5.35. The predicted octanol–water partition coefficient (Wildman–Crippen LogP) is 7.12. The van der Waals surface area contributed by atoms with Crippen molar-refractivity contribution in [3.05, 3.63) is 102 Å². The van der Waals surface area contributed by atoms with E-state index >= 15 is 0 Å². The molecular weight excluding hydrogens is 326 g/mol. The van der Waals surface area contributed by atoms with Crippen molar-refractivity contribution in [2.24, 2.45) is 0 Å². The predicted molar refractivity (Wildman–Crippen MR) is 117 cm³/mol. The molecule has 4 rings (SSSR count). The molecule has 0 atom stereocenters. The normalized spacial score (nSPS) is 17.0. The highest BCUT2D eigenvalue weighted by molar-refractivity contribution is 5.98. The first-order valence-electron chi connectivity index (χ1n) is 9.75. The number of aromatic nitrogens is 1. The maximum Gasteiger partial charge on any atom is 0.0743 e. The van der Waals surface area contributed by atoms with Crippen LogP contribution in [-0.4, -0.2) is 4.98 Å². The quantitative estimate of drug-likeness (QED) is 0.534. The van der Waals surface area contributed by atoms with Crippen molar-refractivity contribution < 1.29 is 0 Å². The summed E-state index contributed by atoms with van der Waals surface area (Å²) in [5.74, 6) is 0. The van der Waals surface area contributed by atoms with Crippen LogP contribution in [0.15, 0.2) is 85.2 Å². The topological polar surface area (TPSA) is 12.9 Å². The molecule has 134 valence electrons. The number of allylic oxidation sites excluding steroid dienone is 11. The van der Waals surface area contributed by atoms with Crippen LogP contribution >= 0.6 is 0 Å². The van der Waals surface area contributed by atoms with Crippen molar-refractivity contribution in [3.8, 4) is 0 Å². The summed E-state index contributed by atoms with van der Waals surface area (Å²) >= 11 is 0. The van der Waals surface area contributed by atoms with Crippen LogP contribution in [-0.2, 0) is 0 Å². The van der Waals surface area contributed by atoms with Crippen LogP contribution in [0.5, 0.6) is 0 Å². The Balaban J connectivity index is 1.87. The molecule has 27 heavy (non-hydrogen) atoms. The lowest BCUT2D eigenvalue weighted by molar-refractivity contribution is 1.03. The first kappa shape index (κ1) is 17.5. The van der Waals surface area contributed by atoms with Crippen LogP contribution in [0.4, 0.5) is 0 Å². The molecule has 1 aromatic carbocycles. The van der Waals surface area contributed by atoms with Crippen LogP contribution in [0.25, 0.3) is 22.0 Å². The van der Waals surface area contributed by atoms with E-state index in [9.17, 15) is 0 Å². The number of rotatable bonds is 4. The number of hydrogen-bond acceptors (Lipinski definition) is 1. The molecule has 1 aromatic heterocycles. The summed E-state index contributed by atoms with van der Waals surface area (Å²) in [5.41, 5.74) is 8.63. The van der Waals surface area contributed by atoms with Crippen molar-refractivity contribution in [3.63, 3.8) is 0 Å². The van der Waals surface area contributed by atoms with Gasteiger partial charge in [0, 0.05) is 11.6 Å². The van der Waals surface area contributed by atoms with Crippen molar-refractivity contribution in [1.29, 1.82) is 0 Å². The fourth-order valence-electron chi connectivity index (χ4n) is 3.99. The summed E-state index contributed by atoms with van der Waals surface area (Å²) < 4.78 is 0. The molecule has 0 amide bonds. The van der Waals surface area contributed by atoms with Crippen LogP contribution in [0.1, 0.15) is 42.4 Å². The zero-order valence-corrected chi connectivity index (χ0v) is 15.9. The molecule has 0 N–H and O–H groups in total. The van der Waals surface area contributed by atoms with E-state index in [1.54, 1.807) is 0 Å². The zero-order valence-electron chi connectivity index (χ0n) is 15.9. The van der Waals surface area contributed by atoms with Gasteiger partial charge in [-0.2, -0.15) is 0 Å². The van der Waals surface area contributed by atoms with Crippen LogP contribution in [0, 0.1) is 6.92 Å². The smallest absolute Gasteiger partial charge is 0.0743 e. The first-order chi connectivity index (χ1) is 13.3. The third-order valence-corrected chi connectivity index (χ3v) is 5.35. The van der Waals surface area contributed by atoms with Gasteiger partial charge in [0.1, 0.15) is 0 Å². The lowest BCUT2D eigenvalue weighted by Gasteiger charge is -2.17. The average Bonchev–Trinajstić information content (AvgIpc) is 2.74. The maximum atomic E-state index is 4.74. The van der Waals surface area contributed by atoms with Gasteiger partial charge >= 0.3 is 0 Å². The van der Waals surface area contributed by atoms with Gasteiger partial charge in [0.05, 0.1) is 5.52 Å². The molecule has 2 aliphatic rings. The first-order valence-corrected chi connectivity index (χ1v) is 9.75. The Labute approximate surface area is 161 Å². The van der Waals surface area contributed by atoms with E-state index in [1.165, 1.54) is 38.8 Å². The summed E-state index contributed by atoms with van der Waals surface area (Å²) in [6, 6.07) is 6.61. The van der Waals surface area contributed by atoms with Crippen molar-refractivity contribution in [2.75, 3.05) is 0 Å². The third kappa shape index (κ3) is 3.38. The van der Waals surface area contributed by atoms with E-state index in [0.29, 0.717) is 0 Å². The summed E-state index contributed by atoms with van der Waals surface area (Å²) in [6.45, 7) is 6.11. The second kappa shape index (κ2) is 7.75. The van der Waals surface area contributed by atoms with Crippen molar-refractivity contribution in [2.45, 2.75) is 32.6 Å². The van der Waals surface area contributed by atoms with E-state index in [0.717, 1.165) is 31.2 Å². The molecule has 0 aliphatic heterocycles. The minimum absolute atomic E-state index is 1.08. The van der Waals surface area contributed by atoms with Gasteiger partial charge in [-0.3, -0.25) is 4.98 Å². The standard InChI is InChI=1S/C26H25N/c1-3-10-23(20-11-6-4-7-12-20)22-15-16-25-24(21-13-8-5-9-14-21)17-18-27-26(25)19(22)2/h3,6,8,10-18H,1,4-5,7,9H2,2H3/b23-10-. The monoisotopic (exact) mass is 351 g/mol. The van der Waals surface area contributed by atoms with E-state index in [1.807, 2.05) is 12.3 Å². The second-order valence-electron chi connectivity index (χ2n) is 7.09. The molecule has 2 aliphatic carbocycles. The van der Waals surface area contributed by atoms with Crippen LogP contribution < -0.4 is 0 Å². The molecule has 0 radical (unpaired) electrons. The van der Waals surface area contributed by atoms with E-state index in [2.05, 4.69) is 74.2 Å². The summed E-state index contributed by atoms with van der Waals surface area (Å²) in [5, 5.41) is 1.22. The fraction of sp³-hybridized carbons (Fsp3) is 0.192. The molecule has 0 saturated carbocycles. The molecule has 0 bridgehead atoms. The largest absolute Gasteiger partial charge is 0.256 e. The number of hydrogen-bond donors (Lipinski definition) is 0. The Hall–Kier alpha value is -2.93. The molecular formula is C26H25N. The second-order valence-corrected chi connectivity index (χ2v) is 7.09. The highest BCUT2D eigenvalue weighted by Gasteiger charge is 2.15. The Morgan fingerprint density at radius 1 is 1.00 bits per heavy atom. The Kier molecular flexibility index (Phi) is 5.02. The van der Waals surface area contributed by atoms with Gasteiger partial charge < -0.3 is 0 Å². The molecule has 0 saturated heterocycles. The Morgan fingerprint density at radius 3 is 2.52 bits per heavy atom. The number of aryl methyl sites for hydroxylation is 1. The van der Waals surface area contributed by atoms with E-state index < -0.39 is 0 Å². The van der Waals surface area contributed by atoms with Gasteiger partial charge in [0.15, 0.2) is 0 Å². The molecule has 1 heterocycles. The summed E-state index contributed by atoms with van der Waals surface area (Å²) in [6.07, 6.45) is 24.0. The highest BCUT2D eigenvalue weighted by Crippen LogP contribution is 2.35. The summed E-state index contributed by atoms with van der Waals surface area (Å²) in [7, 11) is 0. The number of nitrogens with zero attached hydrogens (tertiary/aromatic N) is 1. The lowest BCUT2D eigenvalue weighted by Crippen LogP contribution is -1.98. The lowest BCUT2D eigenvalue weighted by atomic mass is 9.88. The van der Waals surface area contributed by atoms with Crippen LogP contribution in [0.3, 0.4) is 0 Å². The van der Waals surface area contributed by atoms with Gasteiger partial charge in [-0.25, -0.2) is 0 Å². The number of fused-ring (bicyclic) bond motifs is 1. The molecule has 1 heteroatoms. The number of pyridine rings is 1. The fourth-order valence-corrected chi connectivity index (χ4v) is 3.99. The maximum absolute atomic E-state index is 4.74. The Morgan fingerprint density at radius 2 is 1.81 bits per heavy atom. The van der Waals surface area contributed by atoms with Crippen molar-refractivity contribution >= 4 is 22.0 Å². The van der Waals surface area contributed by atoms with E-state index in [-0.39, 0.29) is 0 Å². The van der Waals surface area contributed by atoms with Gasteiger partial charge in [-0.15, -0.1) is 0 Å². The minimum atomic E-state index is 1.08. The highest BCUT2D eigenvalue weighted by atomic mass is 14.7. The Bertz CT molecular complexity index is 1040. The molecule has 1 nitrogen and oxygen atoms in total. The van der Waals surface area contributed by atoms with Crippen LogP contribution in [0.2, 0.25) is 0 Å². The molecule has 2 aromatic rings. The van der Waals surface area contributed by atoms with Gasteiger partial charge in [0.25, 0.3) is 0 Å². The SMILES string of the molecule is C=C/C=C(/C1=CCCC=C1)c1ccc2c(C3=CCCC=C3)ccnc2c1C. The van der Waals surface area contributed by atoms with Gasteiger partial charge in [-0.1, -0.05) is 67.3 Å². The number of benzene rings is 1. The average molecular weight is 351 g/mol. The van der Waals surface area contributed by atoms with Crippen molar-refractivity contribution in [1.82, 2.24) is 4.98 Å². The molecule has 0 unspecified atom stereocenters.